The number of carbonyl (C=O) groups excluding carboxylic acids is 2. The minimum Gasteiger partial charge on any atom is -0.298 e. The van der Waals surface area contributed by atoms with Gasteiger partial charge in [-0.05, 0) is 19.1 Å². The predicted octanol–water partition coefficient (Wildman–Crippen LogP) is 2.26. The van der Waals surface area contributed by atoms with E-state index in [0.717, 1.165) is 6.92 Å². The maximum absolute atomic E-state index is 11.2. The van der Waals surface area contributed by atoms with Crippen molar-refractivity contribution in [3.8, 4) is 0 Å². The molecule has 0 atom stereocenters. The fraction of sp³-hybridized carbons (Fsp3) is 0.111. The van der Waals surface area contributed by atoms with Crippen LogP contribution in [0.4, 0.5) is 5.69 Å². The first-order chi connectivity index (χ1) is 6.99. The Labute approximate surface area is 89.8 Å². The average Bonchev–Trinajstić information content (AvgIpc) is 2.16. The van der Waals surface area contributed by atoms with Crippen molar-refractivity contribution >= 4 is 29.4 Å². The lowest BCUT2D eigenvalue weighted by Crippen LogP contribution is -2.05. The van der Waals surface area contributed by atoms with Crippen molar-refractivity contribution in [2.75, 3.05) is 0 Å². The molecule has 0 aliphatic rings. The molecule has 0 unspecified atom stereocenters. The van der Waals surface area contributed by atoms with E-state index in [1.807, 2.05) is 0 Å². The minimum atomic E-state index is -0.772. The van der Waals surface area contributed by atoms with Crippen LogP contribution in [-0.4, -0.2) is 17.0 Å². The number of nitrogens with zero attached hydrogens (tertiary/aromatic N) is 1. The van der Waals surface area contributed by atoms with Crippen LogP contribution < -0.4 is 0 Å². The number of ketones is 1. The molecule has 0 radical (unpaired) electrons. The molecule has 0 aliphatic carbocycles. The Morgan fingerprint density at radius 1 is 1.53 bits per heavy atom. The van der Waals surface area contributed by atoms with Crippen molar-refractivity contribution in [3.05, 3.63) is 38.4 Å². The van der Waals surface area contributed by atoms with Crippen LogP contribution >= 0.6 is 11.6 Å². The van der Waals surface area contributed by atoms with E-state index in [2.05, 4.69) is 0 Å². The summed E-state index contributed by atoms with van der Waals surface area (Å²) in [5.41, 5.74) is -0.796. The second kappa shape index (κ2) is 4.18. The van der Waals surface area contributed by atoms with E-state index in [-0.39, 0.29) is 16.1 Å². The molecule has 0 spiro atoms. The summed E-state index contributed by atoms with van der Waals surface area (Å²) in [6.45, 7) is 1.14. The van der Waals surface area contributed by atoms with Crippen LogP contribution in [0.15, 0.2) is 12.1 Å². The molecule has 0 bridgehead atoms. The summed E-state index contributed by atoms with van der Waals surface area (Å²) in [5.74, 6) is -0.564. The molecule has 0 heterocycles. The van der Waals surface area contributed by atoms with E-state index in [4.69, 9.17) is 11.6 Å². The molecule has 6 heteroatoms. The molecule has 1 rings (SSSR count). The molecule has 0 fully saturated rings. The number of halogens is 1. The Balaban J connectivity index is 3.65. The highest BCUT2D eigenvalue weighted by Crippen LogP contribution is 2.30. The standard InChI is InChI=1S/C9H6ClNO4/c1-5(13)8-6(4-12)2-3-7(10)9(8)11(14)15/h2-4H,1H3. The normalized spacial score (nSPS) is 9.73. The molecule has 0 aromatic heterocycles. The van der Waals surface area contributed by atoms with E-state index in [9.17, 15) is 19.7 Å². The van der Waals surface area contributed by atoms with Crippen LogP contribution in [0.1, 0.15) is 27.6 Å². The Hall–Kier alpha value is -1.75. The van der Waals surface area contributed by atoms with Crippen LogP contribution in [0.5, 0.6) is 0 Å². The molecule has 15 heavy (non-hydrogen) atoms. The summed E-state index contributed by atoms with van der Waals surface area (Å²) in [6.07, 6.45) is 0.389. The maximum Gasteiger partial charge on any atom is 0.299 e. The Morgan fingerprint density at radius 3 is 2.53 bits per heavy atom. The number of hydrogen-bond donors (Lipinski definition) is 0. The predicted molar refractivity (Wildman–Crippen MR) is 53.5 cm³/mol. The lowest BCUT2D eigenvalue weighted by Gasteiger charge is -2.03. The third kappa shape index (κ3) is 2.02. The Bertz CT molecular complexity index is 456. The van der Waals surface area contributed by atoms with Crippen molar-refractivity contribution in [1.82, 2.24) is 0 Å². The number of carbonyl (C=O) groups is 2. The first-order valence-corrected chi connectivity index (χ1v) is 4.29. The molecule has 1 aromatic rings. The van der Waals surface area contributed by atoms with Gasteiger partial charge in [-0.25, -0.2) is 0 Å². The van der Waals surface area contributed by atoms with Gasteiger partial charge in [0.05, 0.1) is 4.92 Å². The molecule has 0 aliphatic heterocycles. The van der Waals surface area contributed by atoms with Gasteiger partial charge in [0.25, 0.3) is 5.69 Å². The molecule has 78 valence electrons. The van der Waals surface area contributed by atoms with Crippen LogP contribution in [-0.2, 0) is 0 Å². The zero-order chi connectivity index (χ0) is 11.6. The summed E-state index contributed by atoms with van der Waals surface area (Å²) in [6, 6.07) is 2.49. The van der Waals surface area contributed by atoms with Gasteiger partial charge < -0.3 is 0 Å². The summed E-state index contributed by atoms with van der Waals surface area (Å²) >= 11 is 5.59. The lowest BCUT2D eigenvalue weighted by molar-refractivity contribution is -0.385. The topological polar surface area (TPSA) is 77.3 Å². The highest BCUT2D eigenvalue weighted by atomic mass is 35.5. The van der Waals surface area contributed by atoms with Crippen LogP contribution in [0.25, 0.3) is 0 Å². The van der Waals surface area contributed by atoms with Crippen molar-refractivity contribution in [2.24, 2.45) is 0 Å². The summed E-state index contributed by atoms with van der Waals surface area (Å²) < 4.78 is 0. The second-order valence-electron chi connectivity index (χ2n) is 2.79. The third-order valence-corrected chi connectivity index (χ3v) is 2.13. The van der Waals surface area contributed by atoms with Crippen molar-refractivity contribution in [3.63, 3.8) is 0 Å². The van der Waals surface area contributed by atoms with E-state index < -0.39 is 16.4 Å². The van der Waals surface area contributed by atoms with E-state index in [0.29, 0.717) is 6.29 Å². The van der Waals surface area contributed by atoms with Crippen molar-refractivity contribution in [1.29, 1.82) is 0 Å². The monoisotopic (exact) mass is 227 g/mol. The van der Waals surface area contributed by atoms with E-state index in [1.54, 1.807) is 0 Å². The van der Waals surface area contributed by atoms with Gasteiger partial charge in [-0.15, -0.1) is 0 Å². The quantitative estimate of drug-likeness (QED) is 0.343. The zero-order valence-electron chi connectivity index (χ0n) is 7.69. The van der Waals surface area contributed by atoms with Crippen molar-refractivity contribution in [2.45, 2.75) is 6.92 Å². The van der Waals surface area contributed by atoms with Gasteiger partial charge in [0.15, 0.2) is 12.1 Å². The molecule has 0 saturated carbocycles. The van der Waals surface area contributed by atoms with Gasteiger partial charge in [-0.2, -0.15) is 0 Å². The first kappa shape index (κ1) is 11.3. The number of hydrogen-bond acceptors (Lipinski definition) is 4. The van der Waals surface area contributed by atoms with Crippen LogP contribution in [0.2, 0.25) is 5.02 Å². The van der Waals surface area contributed by atoms with Gasteiger partial charge in [0, 0.05) is 5.56 Å². The molecule has 0 saturated heterocycles. The minimum absolute atomic E-state index is 0.0291. The Kier molecular flexibility index (Phi) is 3.16. The van der Waals surface area contributed by atoms with Crippen molar-refractivity contribution < 1.29 is 14.5 Å². The fourth-order valence-corrected chi connectivity index (χ4v) is 1.45. The molecule has 1 aromatic carbocycles. The smallest absolute Gasteiger partial charge is 0.298 e. The van der Waals surface area contributed by atoms with Gasteiger partial charge in [0.2, 0.25) is 0 Å². The lowest BCUT2D eigenvalue weighted by atomic mass is 10.0. The summed E-state index contributed by atoms with van der Waals surface area (Å²) in [7, 11) is 0. The maximum atomic E-state index is 11.2. The van der Waals surface area contributed by atoms with E-state index in [1.165, 1.54) is 12.1 Å². The SMILES string of the molecule is CC(=O)c1c(C=O)ccc(Cl)c1[N+](=O)[O-]. The fourth-order valence-electron chi connectivity index (χ4n) is 1.23. The highest BCUT2D eigenvalue weighted by molar-refractivity contribution is 6.33. The molecule has 0 amide bonds. The third-order valence-electron chi connectivity index (χ3n) is 1.82. The number of aldehydes is 1. The number of rotatable bonds is 3. The first-order valence-electron chi connectivity index (χ1n) is 3.92. The van der Waals surface area contributed by atoms with Gasteiger partial charge in [0.1, 0.15) is 10.6 Å². The summed E-state index contributed by atoms with van der Waals surface area (Å²) in [4.78, 5) is 31.7. The molecule has 5 nitrogen and oxygen atoms in total. The number of benzene rings is 1. The van der Waals surface area contributed by atoms with Crippen LogP contribution in [0.3, 0.4) is 0 Å². The van der Waals surface area contributed by atoms with E-state index >= 15 is 0 Å². The second-order valence-corrected chi connectivity index (χ2v) is 3.20. The summed E-state index contributed by atoms with van der Waals surface area (Å²) in [5, 5.41) is 10.5. The number of nitro benzene ring substituents is 1. The molecule has 0 N–H and O–H groups in total. The van der Waals surface area contributed by atoms with Gasteiger partial charge >= 0.3 is 0 Å². The van der Waals surface area contributed by atoms with Crippen LogP contribution in [0, 0.1) is 10.1 Å². The molecular formula is C9H6ClNO4. The Morgan fingerprint density at radius 2 is 2.13 bits per heavy atom. The molecular weight excluding hydrogens is 222 g/mol. The van der Waals surface area contributed by atoms with Gasteiger partial charge in [-0.1, -0.05) is 11.6 Å². The highest BCUT2D eigenvalue weighted by Gasteiger charge is 2.24. The largest absolute Gasteiger partial charge is 0.299 e. The van der Waals surface area contributed by atoms with Gasteiger partial charge in [-0.3, -0.25) is 19.7 Å². The number of nitro groups is 1. The average molecular weight is 228 g/mol. The number of Topliss-reactive ketones (excluding diaryl/α,β-unsaturated/α-hetero) is 1. The zero-order valence-corrected chi connectivity index (χ0v) is 8.45.